The number of nitro benzene ring substituents is 1. The molecular formula is C11H10ClN5O3S. The summed E-state index contributed by atoms with van der Waals surface area (Å²) in [5.41, 5.74) is -0.146. The van der Waals surface area contributed by atoms with Crippen LogP contribution in [0, 0.1) is 10.1 Å². The van der Waals surface area contributed by atoms with Gasteiger partial charge in [-0.05, 0) is 12.1 Å². The summed E-state index contributed by atoms with van der Waals surface area (Å²) in [5.74, 6) is -0.343. The Balaban J connectivity index is 2.04. The van der Waals surface area contributed by atoms with Crippen molar-refractivity contribution >= 4 is 40.6 Å². The zero-order valence-electron chi connectivity index (χ0n) is 10.8. The number of anilines is 1. The molecule has 0 atom stereocenters. The van der Waals surface area contributed by atoms with E-state index in [2.05, 4.69) is 15.5 Å². The molecule has 0 fully saturated rings. The lowest BCUT2D eigenvalue weighted by molar-refractivity contribution is -0.383. The van der Waals surface area contributed by atoms with E-state index >= 15 is 0 Å². The summed E-state index contributed by atoms with van der Waals surface area (Å²) in [6.45, 7) is 0. The lowest BCUT2D eigenvalue weighted by atomic mass is 10.2. The molecule has 2 aromatic rings. The Labute approximate surface area is 128 Å². The number of carbonyl (C=O) groups is 1. The molecule has 0 bridgehead atoms. The molecule has 2 rings (SSSR count). The number of nitro groups is 1. The van der Waals surface area contributed by atoms with Crippen LogP contribution >= 0.6 is 23.4 Å². The molecule has 1 aromatic carbocycles. The minimum Gasteiger partial charge on any atom is -0.320 e. The highest BCUT2D eigenvalue weighted by molar-refractivity contribution is 7.99. The fourth-order valence-electron chi connectivity index (χ4n) is 1.49. The van der Waals surface area contributed by atoms with Gasteiger partial charge in [0.2, 0.25) is 5.91 Å². The van der Waals surface area contributed by atoms with Crippen LogP contribution in [0.15, 0.2) is 29.7 Å². The Morgan fingerprint density at radius 1 is 1.57 bits per heavy atom. The SMILES string of the molecule is Cn1cnnc1SCC(=O)Nc1cc(Cl)ccc1[N+](=O)[O-]. The minimum absolute atomic E-state index is 0.0518. The normalized spacial score (nSPS) is 10.4. The fourth-order valence-corrected chi connectivity index (χ4v) is 2.35. The first-order valence-electron chi connectivity index (χ1n) is 5.68. The maximum atomic E-state index is 11.8. The number of thioether (sulfide) groups is 1. The summed E-state index contributed by atoms with van der Waals surface area (Å²) in [7, 11) is 1.75. The quantitative estimate of drug-likeness (QED) is 0.512. The van der Waals surface area contributed by atoms with Gasteiger partial charge in [-0.1, -0.05) is 23.4 Å². The molecule has 0 saturated carbocycles. The van der Waals surface area contributed by atoms with Gasteiger partial charge in [-0.3, -0.25) is 14.9 Å². The number of rotatable bonds is 5. The van der Waals surface area contributed by atoms with Crippen molar-refractivity contribution in [2.45, 2.75) is 5.16 Å². The second-order valence-electron chi connectivity index (χ2n) is 3.98. The van der Waals surface area contributed by atoms with E-state index in [9.17, 15) is 14.9 Å². The summed E-state index contributed by atoms with van der Waals surface area (Å²) >= 11 is 6.96. The Kier molecular flexibility index (Phi) is 4.76. The number of carbonyl (C=O) groups excluding carboxylic acids is 1. The molecular weight excluding hydrogens is 318 g/mol. The predicted octanol–water partition coefficient (Wildman–Crippen LogP) is 2.11. The molecule has 1 heterocycles. The van der Waals surface area contributed by atoms with Crippen molar-refractivity contribution in [1.82, 2.24) is 14.8 Å². The van der Waals surface area contributed by atoms with Gasteiger partial charge in [0.15, 0.2) is 5.16 Å². The summed E-state index contributed by atoms with van der Waals surface area (Å²) in [5, 5.41) is 21.7. The Bertz CT molecular complexity index is 690. The second kappa shape index (κ2) is 6.55. The Morgan fingerprint density at radius 3 is 2.95 bits per heavy atom. The van der Waals surface area contributed by atoms with Gasteiger partial charge in [0.25, 0.3) is 5.69 Å². The highest BCUT2D eigenvalue weighted by Crippen LogP contribution is 2.27. The molecule has 0 saturated heterocycles. The van der Waals surface area contributed by atoms with Gasteiger partial charge < -0.3 is 9.88 Å². The third kappa shape index (κ3) is 3.92. The molecule has 21 heavy (non-hydrogen) atoms. The molecule has 110 valence electrons. The van der Waals surface area contributed by atoms with E-state index in [-0.39, 0.29) is 17.1 Å². The topological polar surface area (TPSA) is 103 Å². The van der Waals surface area contributed by atoms with E-state index in [0.29, 0.717) is 10.2 Å². The van der Waals surface area contributed by atoms with Gasteiger partial charge in [0.1, 0.15) is 12.0 Å². The molecule has 1 N–H and O–H groups in total. The first-order chi connectivity index (χ1) is 9.97. The van der Waals surface area contributed by atoms with Crippen LogP contribution in [0.1, 0.15) is 0 Å². The molecule has 1 amide bonds. The smallest absolute Gasteiger partial charge is 0.292 e. The van der Waals surface area contributed by atoms with Crippen molar-refractivity contribution in [3.8, 4) is 0 Å². The molecule has 0 aliphatic heterocycles. The lowest BCUT2D eigenvalue weighted by Crippen LogP contribution is -2.15. The molecule has 0 unspecified atom stereocenters. The van der Waals surface area contributed by atoms with Crippen molar-refractivity contribution in [2.24, 2.45) is 7.05 Å². The van der Waals surface area contributed by atoms with Crippen molar-refractivity contribution < 1.29 is 9.72 Å². The summed E-state index contributed by atoms with van der Waals surface area (Å²) in [6.07, 6.45) is 1.52. The molecule has 0 aliphatic carbocycles. The van der Waals surface area contributed by atoms with Crippen molar-refractivity contribution in [2.75, 3.05) is 11.1 Å². The number of aromatic nitrogens is 3. The number of halogens is 1. The number of hydrogen-bond acceptors (Lipinski definition) is 6. The molecule has 8 nitrogen and oxygen atoms in total. The third-order valence-electron chi connectivity index (χ3n) is 2.43. The number of nitrogens with one attached hydrogen (secondary N) is 1. The van der Waals surface area contributed by atoms with Gasteiger partial charge in [-0.25, -0.2) is 0 Å². The summed E-state index contributed by atoms with van der Waals surface area (Å²) in [4.78, 5) is 22.2. The Morgan fingerprint density at radius 2 is 2.33 bits per heavy atom. The molecule has 0 radical (unpaired) electrons. The predicted molar refractivity (Wildman–Crippen MR) is 78.5 cm³/mol. The van der Waals surface area contributed by atoms with E-state index < -0.39 is 10.8 Å². The zero-order chi connectivity index (χ0) is 15.4. The number of nitrogens with zero attached hydrogens (tertiary/aromatic N) is 4. The van der Waals surface area contributed by atoms with Crippen LogP contribution in [-0.4, -0.2) is 31.3 Å². The standard InChI is InChI=1S/C11H10ClN5O3S/c1-16-6-13-15-11(16)21-5-10(18)14-8-4-7(12)2-3-9(8)17(19)20/h2-4,6H,5H2,1H3,(H,14,18). The van der Waals surface area contributed by atoms with Gasteiger partial charge >= 0.3 is 0 Å². The monoisotopic (exact) mass is 327 g/mol. The minimum atomic E-state index is -0.582. The molecule has 1 aromatic heterocycles. The van der Waals surface area contributed by atoms with Gasteiger partial charge in [0, 0.05) is 18.1 Å². The summed E-state index contributed by atoms with van der Waals surface area (Å²) < 4.78 is 1.67. The first-order valence-corrected chi connectivity index (χ1v) is 7.04. The maximum Gasteiger partial charge on any atom is 0.292 e. The van der Waals surface area contributed by atoms with Crippen LogP contribution in [0.2, 0.25) is 5.02 Å². The van der Waals surface area contributed by atoms with Gasteiger partial charge in [0.05, 0.1) is 10.7 Å². The van der Waals surface area contributed by atoms with Crippen LogP contribution in [0.25, 0.3) is 0 Å². The van der Waals surface area contributed by atoms with Crippen LogP contribution in [0.3, 0.4) is 0 Å². The largest absolute Gasteiger partial charge is 0.320 e. The number of amides is 1. The Hall–Kier alpha value is -2.13. The maximum absolute atomic E-state index is 11.8. The van der Waals surface area contributed by atoms with Gasteiger partial charge in [-0.15, -0.1) is 10.2 Å². The van der Waals surface area contributed by atoms with Crippen molar-refractivity contribution in [1.29, 1.82) is 0 Å². The highest BCUT2D eigenvalue weighted by Gasteiger charge is 2.16. The molecule has 0 spiro atoms. The lowest BCUT2D eigenvalue weighted by Gasteiger charge is -2.06. The summed E-state index contributed by atoms with van der Waals surface area (Å²) in [6, 6.07) is 3.97. The third-order valence-corrected chi connectivity index (χ3v) is 3.70. The van der Waals surface area contributed by atoms with E-state index in [0.717, 1.165) is 0 Å². The van der Waals surface area contributed by atoms with Gasteiger partial charge in [-0.2, -0.15) is 0 Å². The number of benzene rings is 1. The average molecular weight is 328 g/mol. The van der Waals surface area contributed by atoms with Crippen molar-refractivity contribution in [3.05, 3.63) is 39.7 Å². The van der Waals surface area contributed by atoms with Crippen LogP contribution in [-0.2, 0) is 11.8 Å². The first kappa shape index (κ1) is 15.3. The second-order valence-corrected chi connectivity index (χ2v) is 5.36. The highest BCUT2D eigenvalue weighted by atomic mass is 35.5. The van der Waals surface area contributed by atoms with Crippen LogP contribution in [0.5, 0.6) is 0 Å². The van der Waals surface area contributed by atoms with Crippen LogP contribution < -0.4 is 5.32 Å². The molecule has 0 aliphatic rings. The van der Waals surface area contributed by atoms with Crippen molar-refractivity contribution in [3.63, 3.8) is 0 Å². The van der Waals surface area contributed by atoms with E-state index in [1.165, 1.54) is 36.3 Å². The number of hydrogen-bond donors (Lipinski definition) is 1. The van der Waals surface area contributed by atoms with E-state index in [1.807, 2.05) is 0 Å². The number of aryl methyl sites for hydroxylation is 1. The van der Waals surface area contributed by atoms with Crippen LogP contribution in [0.4, 0.5) is 11.4 Å². The average Bonchev–Trinajstić information content (AvgIpc) is 2.81. The van der Waals surface area contributed by atoms with E-state index in [4.69, 9.17) is 11.6 Å². The fraction of sp³-hybridized carbons (Fsp3) is 0.182. The molecule has 10 heteroatoms. The zero-order valence-corrected chi connectivity index (χ0v) is 12.4. The van der Waals surface area contributed by atoms with E-state index in [1.54, 1.807) is 11.6 Å².